The minimum atomic E-state index is -0.0164. The Morgan fingerprint density at radius 3 is 2.88 bits per heavy atom. The first-order valence-electron chi connectivity index (χ1n) is 5.19. The first-order chi connectivity index (χ1) is 7.81. The molecule has 0 aromatic carbocycles. The number of rotatable bonds is 4. The molecule has 2 heterocycles. The van der Waals surface area contributed by atoms with E-state index in [1.54, 1.807) is 12.5 Å². The number of nitrogens with zero attached hydrogens (tertiary/aromatic N) is 1. The second-order valence-corrected chi connectivity index (χ2v) is 3.84. The maximum atomic E-state index is 5.81. The van der Waals surface area contributed by atoms with Gasteiger partial charge in [0.1, 0.15) is 11.8 Å². The van der Waals surface area contributed by atoms with Crippen LogP contribution in [0.15, 0.2) is 41.1 Å². The summed E-state index contributed by atoms with van der Waals surface area (Å²) in [5.41, 5.74) is 0.904. The van der Waals surface area contributed by atoms with Crippen LogP contribution in [-0.2, 0) is 0 Å². The molecule has 0 saturated heterocycles. The lowest BCUT2D eigenvalue weighted by Gasteiger charge is -2.14. The Balaban J connectivity index is 2.29. The van der Waals surface area contributed by atoms with Crippen molar-refractivity contribution in [3.63, 3.8) is 0 Å². The summed E-state index contributed by atoms with van der Waals surface area (Å²) in [6.07, 6.45) is 3.31. The molecule has 0 aliphatic carbocycles. The quantitative estimate of drug-likeness (QED) is 0.887. The van der Waals surface area contributed by atoms with Gasteiger partial charge in [-0.3, -0.25) is 4.98 Å². The second kappa shape index (κ2) is 5.14. The van der Waals surface area contributed by atoms with Crippen LogP contribution in [-0.4, -0.2) is 11.5 Å². The van der Waals surface area contributed by atoms with E-state index in [1.807, 2.05) is 31.2 Å². The van der Waals surface area contributed by atoms with Gasteiger partial charge in [-0.05, 0) is 30.8 Å². The minimum absolute atomic E-state index is 0.0164. The van der Waals surface area contributed by atoms with E-state index in [0.29, 0.717) is 5.02 Å². The summed E-state index contributed by atoms with van der Waals surface area (Å²) in [4.78, 5) is 4.30. The maximum absolute atomic E-state index is 5.81. The third kappa shape index (κ3) is 2.43. The lowest BCUT2D eigenvalue weighted by Crippen LogP contribution is -2.22. The lowest BCUT2D eigenvalue weighted by atomic mass is 10.1. The molecule has 3 nitrogen and oxygen atoms in total. The van der Waals surface area contributed by atoms with E-state index in [9.17, 15) is 0 Å². The second-order valence-electron chi connectivity index (χ2n) is 3.41. The fourth-order valence-corrected chi connectivity index (χ4v) is 1.68. The summed E-state index contributed by atoms with van der Waals surface area (Å²) in [7, 11) is 0. The molecule has 0 amide bonds. The highest BCUT2D eigenvalue weighted by molar-refractivity contribution is 6.30. The third-order valence-corrected chi connectivity index (χ3v) is 2.51. The van der Waals surface area contributed by atoms with Crippen molar-refractivity contribution in [1.82, 2.24) is 10.3 Å². The highest BCUT2D eigenvalue weighted by Crippen LogP contribution is 2.21. The fourth-order valence-electron chi connectivity index (χ4n) is 1.57. The van der Waals surface area contributed by atoms with Crippen LogP contribution in [0.1, 0.15) is 24.4 Å². The number of hydrogen-bond acceptors (Lipinski definition) is 3. The van der Waals surface area contributed by atoms with Gasteiger partial charge in [0.2, 0.25) is 0 Å². The summed E-state index contributed by atoms with van der Waals surface area (Å²) < 4.78 is 5.40. The lowest BCUT2D eigenvalue weighted by molar-refractivity contribution is 0.447. The molecule has 84 valence electrons. The molecule has 4 heteroatoms. The van der Waals surface area contributed by atoms with Crippen molar-refractivity contribution in [2.45, 2.75) is 13.0 Å². The number of nitrogens with one attached hydrogen (secondary N) is 1. The predicted molar refractivity (Wildman–Crippen MR) is 63.5 cm³/mol. The molecular formula is C12H13ClN2O. The first-order valence-corrected chi connectivity index (χ1v) is 5.57. The summed E-state index contributed by atoms with van der Waals surface area (Å²) in [6.45, 7) is 2.89. The third-order valence-electron chi connectivity index (χ3n) is 2.28. The van der Waals surface area contributed by atoms with Crippen LogP contribution in [0, 0.1) is 0 Å². The maximum Gasteiger partial charge on any atom is 0.126 e. The zero-order valence-electron chi connectivity index (χ0n) is 8.98. The Morgan fingerprint density at radius 2 is 2.31 bits per heavy atom. The SMILES string of the molecule is CCNC(c1ccc(Cl)cn1)c1ccco1. The Kier molecular flexibility index (Phi) is 3.59. The van der Waals surface area contributed by atoms with Gasteiger partial charge in [-0.25, -0.2) is 0 Å². The van der Waals surface area contributed by atoms with Gasteiger partial charge in [-0.2, -0.15) is 0 Å². The summed E-state index contributed by atoms with van der Waals surface area (Å²) in [5.74, 6) is 0.858. The Morgan fingerprint density at radius 1 is 1.44 bits per heavy atom. The molecule has 1 N–H and O–H groups in total. The molecule has 0 aliphatic heterocycles. The zero-order valence-corrected chi connectivity index (χ0v) is 9.74. The van der Waals surface area contributed by atoms with Crippen molar-refractivity contribution < 1.29 is 4.42 Å². The van der Waals surface area contributed by atoms with Crippen LogP contribution in [0.25, 0.3) is 0 Å². The van der Waals surface area contributed by atoms with Crippen molar-refractivity contribution >= 4 is 11.6 Å². The standard InChI is InChI=1S/C12H13ClN2O/c1-2-14-12(11-4-3-7-16-11)10-6-5-9(13)8-15-10/h3-8,12,14H,2H2,1H3. The average molecular weight is 237 g/mol. The normalized spacial score (nSPS) is 12.6. The molecule has 0 fully saturated rings. The Hall–Kier alpha value is -1.32. The molecule has 0 bridgehead atoms. The summed E-state index contributed by atoms with van der Waals surface area (Å²) in [5, 5.41) is 3.96. The molecule has 2 aromatic rings. The van der Waals surface area contributed by atoms with Gasteiger partial charge in [0.25, 0.3) is 0 Å². The zero-order chi connectivity index (χ0) is 11.4. The largest absolute Gasteiger partial charge is 0.467 e. The van der Waals surface area contributed by atoms with Gasteiger partial charge in [0.05, 0.1) is 17.0 Å². The van der Waals surface area contributed by atoms with E-state index in [4.69, 9.17) is 16.0 Å². The molecule has 1 unspecified atom stereocenters. The Bertz CT molecular complexity index is 425. The molecule has 2 aromatic heterocycles. The van der Waals surface area contributed by atoms with Crippen LogP contribution in [0.2, 0.25) is 5.02 Å². The minimum Gasteiger partial charge on any atom is -0.467 e. The van der Waals surface area contributed by atoms with Crippen molar-refractivity contribution in [1.29, 1.82) is 0 Å². The molecular weight excluding hydrogens is 224 g/mol. The first kappa shape index (κ1) is 11.2. The van der Waals surface area contributed by atoms with E-state index in [2.05, 4.69) is 10.3 Å². The number of aromatic nitrogens is 1. The van der Waals surface area contributed by atoms with Crippen molar-refractivity contribution in [2.75, 3.05) is 6.54 Å². The van der Waals surface area contributed by atoms with Crippen molar-refractivity contribution in [3.05, 3.63) is 53.2 Å². The van der Waals surface area contributed by atoms with E-state index in [0.717, 1.165) is 18.0 Å². The van der Waals surface area contributed by atoms with Gasteiger partial charge in [0.15, 0.2) is 0 Å². The highest BCUT2D eigenvalue weighted by Gasteiger charge is 2.16. The van der Waals surface area contributed by atoms with Crippen molar-refractivity contribution in [2.24, 2.45) is 0 Å². The fraction of sp³-hybridized carbons (Fsp3) is 0.250. The van der Waals surface area contributed by atoms with Gasteiger partial charge in [-0.15, -0.1) is 0 Å². The molecule has 0 radical (unpaired) electrons. The number of furan rings is 1. The van der Waals surface area contributed by atoms with Gasteiger partial charge in [0, 0.05) is 6.20 Å². The van der Waals surface area contributed by atoms with Crippen LogP contribution in [0.5, 0.6) is 0 Å². The van der Waals surface area contributed by atoms with E-state index < -0.39 is 0 Å². The Labute approximate surface area is 99.5 Å². The molecule has 1 atom stereocenters. The van der Waals surface area contributed by atoms with Crippen LogP contribution in [0.3, 0.4) is 0 Å². The summed E-state index contributed by atoms with van der Waals surface area (Å²) in [6, 6.07) is 7.52. The van der Waals surface area contributed by atoms with Crippen LogP contribution in [0.4, 0.5) is 0 Å². The van der Waals surface area contributed by atoms with Gasteiger partial charge in [-0.1, -0.05) is 18.5 Å². The van der Waals surface area contributed by atoms with E-state index >= 15 is 0 Å². The van der Waals surface area contributed by atoms with Crippen molar-refractivity contribution in [3.8, 4) is 0 Å². The van der Waals surface area contributed by atoms with E-state index in [-0.39, 0.29) is 6.04 Å². The van der Waals surface area contributed by atoms with Crippen LogP contribution >= 0.6 is 11.6 Å². The van der Waals surface area contributed by atoms with Gasteiger partial charge < -0.3 is 9.73 Å². The topological polar surface area (TPSA) is 38.1 Å². The molecule has 0 spiro atoms. The number of pyridine rings is 1. The highest BCUT2D eigenvalue weighted by atomic mass is 35.5. The van der Waals surface area contributed by atoms with Gasteiger partial charge >= 0.3 is 0 Å². The predicted octanol–water partition coefficient (Wildman–Crippen LogP) is 3.03. The number of hydrogen-bond donors (Lipinski definition) is 1. The molecule has 2 rings (SSSR count). The molecule has 0 aliphatic rings. The molecule has 0 saturated carbocycles. The van der Waals surface area contributed by atoms with E-state index in [1.165, 1.54) is 0 Å². The monoisotopic (exact) mass is 236 g/mol. The smallest absolute Gasteiger partial charge is 0.126 e. The van der Waals surface area contributed by atoms with Crippen LogP contribution < -0.4 is 5.32 Å². The number of halogens is 1. The molecule has 16 heavy (non-hydrogen) atoms. The summed E-state index contributed by atoms with van der Waals surface area (Å²) >= 11 is 5.81. The average Bonchev–Trinajstić information content (AvgIpc) is 2.81.